The zero-order valence-corrected chi connectivity index (χ0v) is 12.8. The fourth-order valence-electron chi connectivity index (χ4n) is 2.18. The van der Waals surface area contributed by atoms with E-state index in [9.17, 15) is 28.1 Å². The minimum atomic E-state index is -4.90. The monoisotopic (exact) mass is 332 g/mol. The molecule has 0 saturated heterocycles. The van der Waals surface area contributed by atoms with Crippen molar-refractivity contribution in [1.82, 2.24) is 5.32 Å². The van der Waals surface area contributed by atoms with E-state index in [0.29, 0.717) is 5.56 Å². The first kappa shape index (κ1) is 19.1. The van der Waals surface area contributed by atoms with Gasteiger partial charge in [0, 0.05) is 17.9 Å². The van der Waals surface area contributed by atoms with E-state index < -0.39 is 29.0 Å². The standard InChI is InChI=1S/C15H19F3N2O3/c1-10(2)8-12(21)13(20(22)23)14(15(16,17)18)19-9-11-6-4-3-5-7-11/h3-7,10,13-14,19H,8-9H2,1-2H3/t13-,14+/m1/s1. The number of hydrogen-bond donors (Lipinski definition) is 1. The maximum absolute atomic E-state index is 13.2. The minimum Gasteiger partial charge on any atom is -0.296 e. The summed E-state index contributed by atoms with van der Waals surface area (Å²) in [5.74, 6) is -1.28. The van der Waals surface area contributed by atoms with Gasteiger partial charge in [-0.3, -0.25) is 20.2 Å². The minimum absolute atomic E-state index is 0.218. The summed E-state index contributed by atoms with van der Waals surface area (Å²) in [6.45, 7) is 3.02. The van der Waals surface area contributed by atoms with Crippen molar-refractivity contribution in [3.63, 3.8) is 0 Å². The highest BCUT2D eigenvalue weighted by atomic mass is 19.4. The van der Waals surface area contributed by atoms with Gasteiger partial charge in [0.05, 0.1) is 0 Å². The van der Waals surface area contributed by atoms with Gasteiger partial charge in [0.25, 0.3) is 6.04 Å². The lowest BCUT2D eigenvalue weighted by molar-refractivity contribution is -0.519. The van der Waals surface area contributed by atoms with E-state index in [0.717, 1.165) is 0 Å². The van der Waals surface area contributed by atoms with Crippen LogP contribution in [0.25, 0.3) is 0 Å². The van der Waals surface area contributed by atoms with Gasteiger partial charge in [-0.15, -0.1) is 0 Å². The van der Waals surface area contributed by atoms with Gasteiger partial charge in [-0.1, -0.05) is 44.2 Å². The number of ketones is 1. The number of nitrogens with one attached hydrogen (secondary N) is 1. The fourth-order valence-corrected chi connectivity index (χ4v) is 2.18. The van der Waals surface area contributed by atoms with Crippen LogP contribution in [-0.2, 0) is 11.3 Å². The average molecular weight is 332 g/mol. The van der Waals surface area contributed by atoms with Crippen molar-refractivity contribution in [3.8, 4) is 0 Å². The van der Waals surface area contributed by atoms with Gasteiger partial charge in [0.1, 0.15) is 0 Å². The number of alkyl halides is 3. The molecule has 0 aliphatic heterocycles. The molecule has 1 rings (SSSR count). The molecule has 8 heteroatoms. The Morgan fingerprint density at radius 2 is 1.83 bits per heavy atom. The van der Waals surface area contributed by atoms with E-state index in [1.807, 2.05) is 0 Å². The van der Waals surface area contributed by atoms with E-state index in [-0.39, 0.29) is 18.9 Å². The summed E-state index contributed by atoms with van der Waals surface area (Å²) in [4.78, 5) is 21.8. The Bertz CT molecular complexity index is 533. The zero-order chi connectivity index (χ0) is 17.6. The second-order valence-corrected chi connectivity index (χ2v) is 5.68. The fraction of sp³-hybridized carbons (Fsp3) is 0.533. The Labute approximate surface area is 132 Å². The molecular weight excluding hydrogens is 313 g/mol. The third kappa shape index (κ3) is 5.97. The molecule has 0 saturated carbocycles. The van der Waals surface area contributed by atoms with E-state index in [1.165, 1.54) is 0 Å². The third-order valence-electron chi connectivity index (χ3n) is 3.20. The molecule has 1 aromatic carbocycles. The van der Waals surface area contributed by atoms with Crippen LogP contribution in [0.4, 0.5) is 13.2 Å². The van der Waals surface area contributed by atoms with Crippen molar-refractivity contribution in [3.05, 3.63) is 46.0 Å². The number of rotatable bonds is 8. The Kier molecular flexibility index (Phi) is 6.68. The Hall–Kier alpha value is -1.96. The highest BCUT2D eigenvalue weighted by Crippen LogP contribution is 2.26. The Morgan fingerprint density at radius 1 is 1.26 bits per heavy atom. The van der Waals surface area contributed by atoms with Gasteiger partial charge in [-0.05, 0) is 11.5 Å². The molecule has 0 aliphatic rings. The third-order valence-corrected chi connectivity index (χ3v) is 3.20. The lowest BCUT2D eigenvalue weighted by Gasteiger charge is -2.24. The number of carbonyl (C=O) groups excluding carboxylic acids is 1. The Balaban J connectivity index is 2.97. The first-order chi connectivity index (χ1) is 10.6. The maximum Gasteiger partial charge on any atom is 0.411 e. The van der Waals surface area contributed by atoms with Crippen LogP contribution < -0.4 is 5.32 Å². The van der Waals surface area contributed by atoms with Crippen LogP contribution in [0, 0.1) is 16.0 Å². The van der Waals surface area contributed by atoms with Crippen molar-refractivity contribution in [2.75, 3.05) is 0 Å². The number of hydrogen-bond acceptors (Lipinski definition) is 4. The van der Waals surface area contributed by atoms with Crippen LogP contribution >= 0.6 is 0 Å². The molecule has 0 heterocycles. The van der Waals surface area contributed by atoms with Crippen molar-refractivity contribution < 1.29 is 22.9 Å². The summed E-state index contributed by atoms with van der Waals surface area (Å²) >= 11 is 0. The maximum atomic E-state index is 13.2. The lowest BCUT2D eigenvalue weighted by atomic mass is 9.96. The van der Waals surface area contributed by atoms with Crippen LogP contribution in [0.3, 0.4) is 0 Å². The molecule has 1 aromatic rings. The largest absolute Gasteiger partial charge is 0.411 e. The molecule has 0 aliphatic carbocycles. The van der Waals surface area contributed by atoms with Gasteiger partial charge in [0.15, 0.2) is 6.04 Å². The molecule has 5 nitrogen and oxygen atoms in total. The van der Waals surface area contributed by atoms with Gasteiger partial charge in [-0.2, -0.15) is 13.2 Å². The second-order valence-electron chi connectivity index (χ2n) is 5.68. The molecule has 0 fully saturated rings. The van der Waals surface area contributed by atoms with Crippen LogP contribution in [0.15, 0.2) is 30.3 Å². The average Bonchev–Trinajstić information content (AvgIpc) is 2.41. The van der Waals surface area contributed by atoms with Gasteiger partial charge in [-0.25, -0.2) is 0 Å². The number of carbonyl (C=O) groups is 1. The molecule has 23 heavy (non-hydrogen) atoms. The molecule has 0 aromatic heterocycles. The highest BCUT2D eigenvalue weighted by Gasteiger charge is 2.53. The van der Waals surface area contributed by atoms with Crippen molar-refractivity contribution in [1.29, 1.82) is 0 Å². The summed E-state index contributed by atoms with van der Waals surface area (Å²) in [5.41, 5.74) is 0.542. The molecule has 0 amide bonds. The smallest absolute Gasteiger partial charge is 0.296 e. The zero-order valence-electron chi connectivity index (χ0n) is 12.8. The summed E-state index contributed by atoms with van der Waals surface area (Å²) in [6.07, 6.45) is -5.18. The predicted molar refractivity (Wildman–Crippen MR) is 78.4 cm³/mol. The Morgan fingerprint density at radius 3 is 2.26 bits per heavy atom. The molecule has 2 atom stereocenters. The van der Waals surface area contributed by atoms with E-state index in [4.69, 9.17) is 0 Å². The summed E-state index contributed by atoms with van der Waals surface area (Å²) in [5, 5.41) is 13.2. The normalized spacial score (nSPS) is 14.5. The van der Waals surface area contributed by atoms with Crippen molar-refractivity contribution >= 4 is 5.78 Å². The molecule has 1 N–H and O–H groups in total. The number of Topliss-reactive ketones (excluding diaryl/α,β-unsaturated/α-hetero) is 1. The quantitative estimate of drug-likeness (QED) is 0.587. The number of nitro groups is 1. The summed E-state index contributed by atoms with van der Waals surface area (Å²) < 4.78 is 39.6. The summed E-state index contributed by atoms with van der Waals surface area (Å²) in [7, 11) is 0. The van der Waals surface area contributed by atoms with Crippen LogP contribution in [0.5, 0.6) is 0 Å². The van der Waals surface area contributed by atoms with Crippen molar-refractivity contribution in [2.24, 2.45) is 5.92 Å². The first-order valence-electron chi connectivity index (χ1n) is 7.13. The predicted octanol–water partition coefficient (Wildman–Crippen LogP) is 2.97. The highest BCUT2D eigenvalue weighted by molar-refractivity contribution is 5.83. The van der Waals surface area contributed by atoms with Gasteiger partial charge >= 0.3 is 6.18 Å². The molecule has 128 valence electrons. The summed E-state index contributed by atoms with van der Waals surface area (Å²) in [6, 6.07) is 3.32. The van der Waals surface area contributed by atoms with Gasteiger partial charge < -0.3 is 0 Å². The topological polar surface area (TPSA) is 72.2 Å². The number of halogens is 3. The number of benzene rings is 1. The van der Waals surface area contributed by atoms with Crippen LogP contribution in [0.1, 0.15) is 25.8 Å². The van der Waals surface area contributed by atoms with Gasteiger partial charge in [0.2, 0.25) is 5.78 Å². The SMILES string of the molecule is CC(C)CC(=O)[C@H]([C@H](NCc1ccccc1)C(F)(F)F)[N+](=O)[O-]. The molecule has 0 unspecified atom stereocenters. The van der Waals surface area contributed by atoms with Crippen LogP contribution in [-0.4, -0.2) is 29.0 Å². The molecular formula is C15H19F3N2O3. The van der Waals surface area contributed by atoms with E-state index >= 15 is 0 Å². The molecule has 0 bridgehead atoms. The van der Waals surface area contributed by atoms with Crippen LogP contribution in [0.2, 0.25) is 0 Å². The molecule has 0 radical (unpaired) electrons. The van der Waals surface area contributed by atoms with Crippen molar-refractivity contribution in [2.45, 2.75) is 45.1 Å². The van der Waals surface area contributed by atoms with E-state index in [2.05, 4.69) is 5.32 Å². The molecule has 0 spiro atoms. The number of nitrogens with zero attached hydrogens (tertiary/aromatic N) is 1. The lowest BCUT2D eigenvalue weighted by Crippen LogP contribution is -2.56. The second kappa shape index (κ2) is 8.05. The first-order valence-corrected chi connectivity index (χ1v) is 7.13. The van der Waals surface area contributed by atoms with E-state index in [1.54, 1.807) is 44.2 Å².